The van der Waals surface area contributed by atoms with Crippen LogP contribution >= 0.6 is 0 Å². The van der Waals surface area contributed by atoms with Crippen LogP contribution in [-0.4, -0.2) is 81.6 Å². The van der Waals surface area contributed by atoms with Gasteiger partial charge in [0.25, 0.3) is 11.8 Å². The first-order valence-corrected chi connectivity index (χ1v) is 19.7. The summed E-state index contributed by atoms with van der Waals surface area (Å²) >= 11 is 0. The van der Waals surface area contributed by atoms with Gasteiger partial charge in [0.2, 0.25) is 5.91 Å². The molecule has 0 radical (unpaired) electrons. The van der Waals surface area contributed by atoms with Crippen molar-refractivity contribution in [2.24, 2.45) is 22.8 Å². The number of hydrogen-bond acceptors (Lipinski definition) is 10. The van der Waals surface area contributed by atoms with Crippen molar-refractivity contribution in [3.63, 3.8) is 0 Å². The van der Waals surface area contributed by atoms with Crippen molar-refractivity contribution < 1.29 is 14.4 Å². The van der Waals surface area contributed by atoms with Crippen molar-refractivity contribution >= 4 is 29.1 Å². The monoisotopic (exact) mass is 749 g/mol. The van der Waals surface area contributed by atoms with Crippen LogP contribution in [0, 0.1) is 11.3 Å². The second-order valence-corrected chi connectivity index (χ2v) is 16.1. The van der Waals surface area contributed by atoms with Crippen LogP contribution in [0.25, 0.3) is 11.1 Å². The van der Waals surface area contributed by atoms with E-state index in [9.17, 15) is 14.4 Å². The number of para-hydroxylation sites is 1. The topological polar surface area (TPSA) is 180 Å². The van der Waals surface area contributed by atoms with Gasteiger partial charge in [0, 0.05) is 68.9 Å². The second kappa shape index (κ2) is 15.4. The predicted molar refractivity (Wildman–Crippen MR) is 213 cm³/mol. The molecule has 2 aliphatic carbocycles. The lowest BCUT2D eigenvalue weighted by Gasteiger charge is -2.40. The molecule has 2 saturated heterocycles. The Labute approximate surface area is 323 Å². The fraction of sp³-hybridized carbons (Fsp3) is 0.488. The Morgan fingerprint density at radius 1 is 1.00 bits per heavy atom. The number of amides is 3. The minimum atomic E-state index is -0.382. The molecule has 0 bridgehead atoms. The molecule has 5 aliphatic rings. The third-order valence-corrected chi connectivity index (χ3v) is 10.9. The van der Waals surface area contributed by atoms with E-state index >= 15 is 0 Å². The Bertz CT molecular complexity index is 2020. The molecule has 3 amide bonds. The Kier molecular flexibility index (Phi) is 10.6. The number of fused-ring (bicyclic) bond motifs is 3. The molecule has 0 spiro atoms. The van der Waals surface area contributed by atoms with Crippen LogP contribution in [0.2, 0.25) is 0 Å². The minimum Gasteiger partial charge on any atom is -0.393 e. The number of rotatable bonds is 11. The molecule has 8 rings (SSSR count). The Balaban J connectivity index is 0.00000229. The number of carbonyl (C=O) groups is 3. The third kappa shape index (κ3) is 8.34. The Morgan fingerprint density at radius 3 is 2.44 bits per heavy atom. The van der Waals surface area contributed by atoms with Gasteiger partial charge >= 0.3 is 0 Å². The zero-order valence-corrected chi connectivity index (χ0v) is 32.7. The molecular weight excluding hydrogens is 695 g/mol. The van der Waals surface area contributed by atoms with Crippen LogP contribution in [0.4, 0.5) is 11.4 Å². The fourth-order valence-electron chi connectivity index (χ4n) is 7.57. The molecule has 14 heteroatoms. The molecule has 2 aromatic heterocycles. The van der Waals surface area contributed by atoms with Crippen molar-refractivity contribution in [3.8, 4) is 11.1 Å². The maximum absolute atomic E-state index is 13.2. The molecule has 2 saturated carbocycles. The zero-order chi connectivity index (χ0) is 39.0. The molecule has 0 unspecified atom stereocenters. The minimum absolute atomic E-state index is 0.0104. The first-order valence-electron chi connectivity index (χ1n) is 19.7. The lowest BCUT2D eigenvalue weighted by molar-refractivity contribution is -0.121. The molecule has 0 atom stereocenters. The summed E-state index contributed by atoms with van der Waals surface area (Å²) in [6, 6.07) is 12.1. The number of nitrogens with two attached hydrogens (primary N) is 2. The van der Waals surface area contributed by atoms with Gasteiger partial charge in [-0.25, -0.2) is 4.98 Å². The van der Waals surface area contributed by atoms with Gasteiger partial charge < -0.3 is 37.2 Å². The smallest absolute Gasteiger partial charge is 0.272 e. The maximum Gasteiger partial charge on any atom is 0.272 e. The van der Waals surface area contributed by atoms with E-state index in [1.807, 2.05) is 62.3 Å². The van der Waals surface area contributed by atoms with Gasteiger partial charge in [-0.1, -0.05) is 45.9 Å². The number of allylic oxidation sites excluding steroid dienone is 1. The van der Waals surface area contributed by atoms with Gasteiger partial charge in [-0.2, -0.15) is 5.10 Å². The van der Waals surface area contributed by atoms with E-state index in [0.29, 0.717) is 24.5 Å². The summed E-state index contributed by atoms with van der Waals surface area (Å²) in [5.41, 5.74) is 19.4. The van der Waals surface area contributed by atoms with E-state index in [2.05, 4.69) is 50.3 Å². The summed E-state index contributed by atoms with van der Waals surface area (Å²) < 4.78 is 2.14. The molecule has 3 aromatic rings. The largest absolute Gasteiger partial charge is 0.393 e. The van der Waals surface area contributed by atoms with Crippen molar-refractivity contribution in [1.29, 1.82) is 0 Å². The Hall–Kier alpha value is -5.37. The number of nitrogens with zero attached hydrogens (tertiary/aromatic N) is 6. The lowest BCUT2D eigenvalue weighted by Crippen LogP contribution is -2.48. The van der Waals surface area contributed by atoms with Gasteiger partial charge in [-0.3, -0.25) is 24.0 Å². The fourth-order valence-corrected chi connectivity index (χ4v) is 7.57. The number of hydrogen-bond donors (Lipinski definition) is 5. The van der Waals surface area contributed by atoms with E-state index in [-0.39, 0.29) is 52.7 Å². The van der Waals surface area contributed by atoms with Crippen LogP contribution in [0.5, 0.6) is 0 Å². The molecule has 292 valence electrons. The first-order chi connectivity index (χ1) is 26.4. The summed E-state index contributed by atoms with van der Waals surface area (Å²) in [7, 11) is 2.03. The Morgan fingerprint density at radius 2 is 1.75 bits per heavy atom. The summed E-state index contributed by atoms with van der Waals surface area (Å²) in [6.45, 7) is 12.9. The summed E-state index contributed by atoms with van der Waals surface area (Å²) in [4.78, 5) is 49.8. The summed E-state index contributed by atoms with van der Waals surface area (Å²) in [5, 5.41) is 14.0. The van der Waals surface area contributed by atoms with Gasteiger partial charge in [-0.15, -0.1) is 0 Å². The highest BCUT2D eigenvalue weighted by molar-refractivity contribution is 5.96. The third-order valence-electron chi connectivity index (χ3n) is 10.9. The quantitative estimate of drug-likeness (QED) is 0.142. The second-order valence-electron chi connectivity index (χ2n) is 16.1. The number of nitrogens with one attached hydrogen (secondary N) is 3. The molecule has 5 heterocycles. The number of anilines is 2. The molecule has 4 fully saturated rings. The molecular formula is C41H55N11O3. The number of pyridine rings is 1. The number of carbonyl (C=O) groups excluding carboxylic acids is 3. The number of likely N-dealkylation sites (tertiary alicyclic amines) is 2. The van der Waals surface area contributed by atoms with Crippen molar-refractivity contribution in [3.05, 3.63) is 83.0 Å². The molecule has 14 nitrogen and oxygen atoms in total. The van der Waals surface area contributed by atoms with Crippen molar-refractivity contribution in [2.45, 2.75) is 85.0 Å². The van der Waals surface area contributed by atoms with E-state index in [4.69, 9.17) is 21.5 Å². The van der Waals surface area contributed by atoms with E-state index in [0.717, 1.165) is 92.2 Å². The highest BCUT2D eigenvalue weighted by Gasteiger charge is 2.36. The standard InChI is InChI=1S/C39H49N11O3.C2H6/c1-39(2)14-15-49(22-39)38(53)30-9-4-6-25(43-30)18-48-19-26(20-48)50-32-21-47(3)35-27(28(32)17-42-50)7-5-8-29(35)45-31(34(41)37(52)44-24-12-13-24)16-33(40)46-36(51)23-10-11-23;1-2/h4-9,16-17,23-24,26,45H,10-15,18-22,40-41H2,1-3H3,(H,44,52)(H,46,51);1-2H3/b33-16+,34-31+;. The lowest BCUT2D eigenvalue weighted by atomic mass is 9.93. The van der Waals surface area contributed by atoms with Crippen molar-refractivity contribution in [1.82, 2.24) is 35.2 Å². The maximum atomic E-state index is 13.2. The summed E-state index contributed by atoms with van der Waals surface area (Å²) in [5.74, 6) is -0.408. The van der Waals surface area contributed by atoms with Crippen LogP contribution in [0.1, 0.15) is 87.7 Å². The highest BCUT2D eigenvalue weighted by Crippen LogP contribution is 2.44. The van der Waals surface area contributed by atoms with E-state index in [1.165, 1.54) is 6.08 Å². The summed E-state index contributed by atoms with van der Waals surface area (Å²) in [6.07, 6.45) is 8.01. The van der Waals surface area contributed by atoms with Crippen molar-refractivity contribution in [2.75, 3.05) is 43.4 Å². The first kappa shape index (κ1) is 37.9. The van der Waals surface area contributed by atoms with Gasteiger partial charge in [0.15, 0.2) is 0 Å². The van der Waals surface area contributed by atoms with Gasteiger partial charge in [0.05, 0.1) is 47.2 Å². The number of aromatic nitrogens is 3. The van der Waals surface area contributed by atoms with Crippen LogP contribution in [-0.2, 0) is 22.7 Å². The SMILES string of the molecule is CC.CN1Cc2c(cnn2C2CN(Cc3cccc(C(=O)N4CCC(C)(C)C4)n3)C2)-c2cccc(NC(/C=C(\N)NC(=O)C3CC3)=C(/N)C(=O)NC3CC3)c21. The van der Waals surface area contributed by atoms with E-state index in [1.54, 1.807) is 0 Å². The number of benzene rings is 1. The van der Waals surface area contributed by atoms with E-state index < -0.39 is 0 Å². The van der Waals surface area contributed by atoms with Crippen LogP contribution < -0.4 is 32.3 Å². The molecule has 55 heavy (non-hydrogen) atoms. The van der Waals surface area contributed by atoms with Gasteiger partial charge in [-0.05, 0) is 55.7 Å². The normalized spacial score (nSPS) is 19.6. The molecule has 1 aromatic carbocycles. The van der Waals surface area contributed by atoms with Crippen LogP contribution in [0.3, 0.4) is 0 Å². The average molecular weight is 750 g/mol. The molecule has 7 N–H and O–H groups in total. The zero-order valence-electron chi connectivity index (χ0n) is 32.7. The average Bonchev–Trinajstić information content (AvgIpc) is 4.09. The van der Waals surface area contributed by atoms with Gasteiger partial charge in [0.1, 0.15) is 17.2 Å². The van der Waals surface area contributed by atoms with Crippen LogP contribution in [0.15, 0.2) is 65.9 Å². The predicted octanol–water partition coefficient (Wildman–Crippen LogP) is 4.04. The molecule has 3 aliphatic heterocycles. The highest BCUT2D eigenvalue weighted by atomic mass is 16.2.